The van der Waals surface area contributed by atoms with Crippen LogP contribution in [-0.2, 0) is 13.0 Å². The van der Waals surface area contributed by atoms with Gasteiger partial charge in [0.15, 0.2) is 0 Å². The Kier molecular flexibility index (Phi) is 2.67. The number of hydrogen-bond donors (Lipinski definition) is 0. The summed E-state index contributed by atoms with van der Waals surface area (Å²) in [6, 6.07) is 5.40. The standard InChI is InChI=1S/C15H12N4O2/c20-15(19-6-3-14-11(9-19)8-18-21-14)10-1-2-12-13(7-10)17-5-4-16-12/h1-2,4-5,7-8H,3,6,9H2. The van der Waals surface area contributed by atoms with E-state index in [0.29, 0.717) is 25.1 Å². The molecule has 1 amide bonds. The number of hydrogen-bond acceptors (Lipinski definition) is 5. The molecule has 0 N–H and O–H groups in total. The van der Waals surface area contributed by atoms with E-state index in [2.05, 4.69) is 15.1 Å². The Balaban J connectivity index is 1.64. The van der Waals surface area contributed by atoms with Gasteiger partial charge in [0, 0.05) is 36.5 Å². The van der Waals surface area contributed by atoms with E-state index in [-0.39, 0.29) is 5.91 Å². The molecule has 0 aliphatic carbocycles. The van der Waals surface area contributed by atoms with Crippen LogP contribution in [0, 0.1) is 0 Å². The van der Waals surface area contributed by atoms with E-state index < -0.39 is 0 Å². The second-order valence-corrected chi connectivity index (χ2v) is 5.01. The highest BCUT2D eigenvalue weighted by Gasteiger charge is 2.24. The van der Waals surface area contributed by atoms with Gasteiger partial charge in [0.1, 0.15) is 5.76 Å². The van der Waals surface area contributed by atoms with E-state index in [4.69, 9.17) is 4.52 Å². The number of carbonyl (C=O) groups excluding carboxylic acids is 1. The van der Waals surface area contributed by atoms with Crippen LogP contribution in [0.3, 0.4) is 0 Å². The first-order chi connectivity index (χ1) is 10.3. The highest BCUT2D eigenvalue weighted by molar-refractivity contribution is 5.97. The van der Waals surface area contributed by atoms with E-state index in [1.54, 1.807) is 35.6 Å². The van der Waals surface area contributed by atoms with E-state index in [9.17, 15) is 4.79 Å². The van der Waals surface area contributed by atoms with Crippen LogP contribution in [0.25, 0.3) is 11.0 Å². The average Bonchev–Trinajstić information content (AvgIpc) is 3.01. The lowest BCUT2D eigenvalue weighted by molar-refractivity contribution is 0.0729. The molecule has 6 heteroatoms. The van der Waals surface area contributed by atoms with Crippen LogP contribution in [0.5, 0.6) is 0 Å². The van der Waals surface area contributed by atoms with E-state index >= 15 is 0 Å². The summed E-state index contributed by atoms with van der Waals surface area (Å²) in [5, 5.41) is 3.78. The molecule has 3 aromatic rings. The fourth-order valence-corrected chi connectivity index (χ4v) is 2.59. The summed E-state index contributed by atoms with van der Waals surface area (Å²) in [6.45, 7) is 1.18. The topological polar surface area (TPSA) is 72.1 Å². The van der Waals surface area contributed by atoms with Crippen LogP contribution >= 0.6 is 0 Å². The van der Waals surface area contributed by atoms with Gasteiger partial charge in [0.25, 0.3) is 5.91 Å². The Morgan fingerprint density at radius 1 is 1.19 bits per heavy atom. The molecule has 4 rings (SSSR count). The molecule has 2 aromatic heterocycles. The van der Waals surface area contributed by atoms with E-state index in [1.165, 1.54) is 0 Å². The normalized spacial score (nSPS) is 14.2. The van der Waals surface area contributed by atoms with Crippen LogP contribution in [0.4, 0.5) is 0 Å². The summed E-state index contributed by atoms with van der Waals surface area (Å²) < 4.78 is 5.14. The second-order valence-electron chi connectivity index (χ2n) is 5.01. The van der Waals surface area contributed by atoms with Crippen LogP contribution in [0.1, 0.15) is 21.7 Å². The number of aromatic nitrogens is 3. The monoisotopic (exact) mass is 280 g/mol. The summed E-state index contributed by atoms with van der Waals surface area (Å²) in [5.74, 6) is 0.873. The van der Waals surface area contributed by atoms with Crippen molar-refractivity contribution < 1.29 is 9.32 Å². The van der Waals surface area contributed by atoms with Crippen LogP contribution in [-0.4, -0.2) is 32.5 Å². The van der Waals surface area contributed by atoms with Gasteiger partial charge in [-0.2, -0.15) is 0 Å². The maximum absolute atomic E-state index is 12.6. The molecule has 21 heavy (non-hydrogen) atoms. The molecule has 104 valence electrons. The minimum Gasteiger partial charge on any atom is -0.361 e. The second kappa shape index (κ2) is 4.66. The maximum Gasteiger partial charge on any atom is 0.254 e. The molecule has 0 radical (unpaired) electrons. The fraction of sp³-hybridized carbons (Fsp3) is 0.200. The average molecular weight is 280 g/mol. The maximum atomic E-state index is 12.6. The first-order valence-electron chi connectivity index (χ1n) is 6.74. The van der Waals surface area contributed by atoms with E-state index in [1.807, 2.05) is 6.07 Å². The third-order valence-electron chi connectivity index (χ3n) is 3.70. The molecular weight excluding hydrogens is 268 g/mol. The van der Waals surface area contributed by atoms with Crippen molar-refractivity contribution in [1.82, 2.24) is 20.0 Å². The molecule has 0 atom stereocenters. The van der Waals surface area contributed by atoms with E-state index in [0.717, 1.165) is 22.4 Å². The summed E-state index contributed by atoms with van der Waals surface area (Å²) in [6.07, 6.45) is 5.65. The van der Waals surface area contributed by atoms with Crippen molar-refractivity contribution >= 4 is 16.9 Å². The number of carbonyl (C=O) groups is 1. The Bertz CT molecular complexity index is 827. The van der Waals surface area contributed by atoms with Crippen molar-refractivity contribution in [2.24, 2.45) is 0 Å². The van der Waals surface area contributed by atoms with Crippen molar-refractivity contribution in [2.45, 2.75) is 13.0 Å². The van der Waals surface area contributed by atoms with Crippen LogP contribution in [0.15, 0.2) is 41.3 Å². The molecule has 0 fully saturated rings. The Morgan fingerprint density at radius 2 is 2.05 bits per heavy atom. The molecule has 1 aliphatic heterocycles. The lowest BCUT2D eigenvalue weighted by atomic mass is 10.1. The van der Waals surface area contributed by atoms with Gasteiger partial charge in [0.2, 0.25) is 0 Å². The van der Waals surface area contributed by atoms with Crippen molar-refractivity contribution in [1.29, 1.82) is 0 Å². The number of rotatable bonds is 1. The SMILES string of the molecule is O=C(c1ccc2nccnc2c1)N1CCc2oncc2C1. The molecule has 0 saturated heterocycles. The zero-order valence-electron chi connectivity index (χ0n) is 11.2. The van der Waals surface area contributed by atoms with Crippen molar-refractivity contribution in [3.63, 3.8) is 0 Å². The number of benzene rings is 1. The largest absolute Gasteiger partial charge is 0.361 e. The fourth-order valence-electron chi connectivity index (χ4n) is 2.59. The summed E-state index contributed by atoms with van der Waals surface area (Å²) in [4.78, 5) is 22.9. The first-order valence-corrected chi connectivity index (χ1v) is 6.74. The molecule has 3 heterocycles. The summed E-state index contributed by atoms with van der Waals surface area (Å²) in [7, 11) is 0. The third kappa shape index (κ3) is 2.05. The molecular formula is C15H12N4O2. The molecule has 1 aromatic carbocycles. The molecule has 1 aliphatic rings. The lowest BCUT2D eigenvalue weighted by Gasteiger charge is -2.25. The highest BCUT2D eigenvalue weighted by atomic mass is 16.5. The predicted octanol–water partition coefficient (Wildman–Crippen LogP) is 1.82. The predicted molar refractivity (Wildman–Crippen MR) is 74.5 cm³/mol. The van der Waals surface area contributed by atoms with Gasteiger partial charge in [-0.25, -0.2) is 0 Å². The lowest BCUT2D eigenvalue weighted by Crippen LogP contribution is -2.35. The Morgan fingerprint density at radius 3 is 2.95 bits per heavy atom. The summed E-state index contributed by atoms with van der Waals surface area (Å²) in [5.41, 5.74) is 3.12. The number of fused-ring (bicyclic) bond motifs is 2. The summed E-state index contributed by atoms with van der Waals surface area (Å²) >= 11 is 0. The Labute approximate surface area is 120 Å². The third-order valence-corrected chi connectivity index (χ3v) is 3.70. The molecule has 0 saturated carbocycles. The molecule has 6 nitrogen and oxygen atoms in total. The van der Waals surface area contributed by atoms with Crippen LogP contribution in [0.2, 0.25) is 0 Å². The number of nitrogens with zero attached hydrogens (tertiary/aromatic N) is 4. The highest BCUT2D eigenvalue weighted by Crippen LogP contribution is 2.21. The van der Waals surface area contributed by atoms with Crippen molar-refractivity contribution in [2.75, 3.05) is 6.54 Å². The van der Waals surface area contributed by atoms with Crippen molar-refractivity contribution in [3.8, 4) is 0 Å². The zero-order chi connectivity index (χ0) is 14.2. The molecule has 0 bridgehead atoms. The van der Waals surface area contributed by atoms with Gasteiger partial charge < -0.3 is 9.42 Å². The van der Waals surface area contributed by atoms with Gasteiger partial charge in [-0.15, -0.1) is 0 Å². The smallest absolute Gasteiger partial charge is 0.254 e. The van der Waals surface area contributed by atoms with Gasteiger partial charge in [0.05, 0.1) is 23.8 Å². The van der Waals surface area contributed by atoms with Crippen molar-refractivity contribution in [3.05, 3.63) is 53.7 Å². The minimum absolute atomic E-state index is 0.00518. The zero-order valence-corrected chi connectivity index (χ0v) is 11.2. The number of amides is 1. The van der Waals surface area contributed by atoms with Gasteiger partial charge in [-0.1, -0.05) is 5.16 Å². The van der Waals surface area contributed by atoms with Gasteiger partial charge in [-0.3, -0.25) is 14.8 Å². The van der Waals surface area contributed by atoms with Gasteiger partial charge >= 0.3 is 0 Å². The van der Waals surface area contributed by atoms with Crippen LogP contribution < -0.4 is 0 Å². The Hall–Kier alpha value is -2.76. The van der Waals surface area contributed by atoms with Gasteiger partial charge in [-0.05, 0) is 18.2 Å². The minimum atomic E-state index is -0.00518. The first kappa shape index (κ1) is 12.0. The molecule has 0 spiro atoms. The quantitative estimate of drug-likeness (QED) is 0.680. The molecule has 0 unspecified atom stereocenters.